The van der Waals surface area contributed by atoms with E-state index in [0.29, 0.717) is 12.2 Å². The molecular weight excluding hydrogens is 168 g/mol. The Hall–Kier alpha value is -1.51. The lowest BCUT2D eigenvalue weighted by molar-refractivity contribution is -0.314. The summed E-state index contributed by atoms with van der Waals surface area (Å²) in [6.45, 7) is 0. The third kappa shape index (κ3) is 1.49. The predicted octanol–water partition coefficient (Wildman–Crippen LogP) is 0.130. The molecule has 0 saturated carbocycles. The minimum Gasteiger partial charge on any atom is -0.546 e. The lowest BCUT2D eigenvalue weighted by Gasteiger charge is -2.26. The summed E-state index contributed by atoms with van der Waals surface area (Å²) in [6, 6.07) is 7.48. The van der Waals surface area contributed by atoms with Gasteiger partial charge in [0.25, 0.3) is 0 Å². The molecule has 1 heterocycles. The molecule has 0 N–H and O–H groups in total. The van der Waals surface area contributed by atoms with E-state index in [1.165, 1.54) is 0 Å². The first-order valence-electron chi connectivity index (χ1n) is 4.23. The van der Waals surface area contributed by atoms with Gasteiger partial charge in [-0.1, -0.05) is 18.2 Å². The number of carbonyl (C=O) groups is 1. The van der Waals surface area contributed by atoms with Gasteiger partial charge < -0.3 is 14.6 Å². The minimum atomic E-state index is -1.13. The van der Waals surface area contributed by atoms with Crippen LogP contribution in [0.2, 0.25) is 0 Å². The standard InChI is InChI=1S/C10H10O3/c11-10(12)9-6-5-7-3-1-2-4-8(7)13-9/h1-4,9H,5-6H2,(H,11,12)/p-1. The Morgan fingerprint density at radius 1 is 1.46 bits per heavy atom. The molecule has 1 atom stereocenters. The number of carbonyl (C=O) groups excluding carboxylic acids is 1. The molecule has 1 aliphatic heterocycles. The first-order chi connectivity index (χ1) is 6.27. The fraction of sp³-hybridized carbons (Fsp3) is 0.300. The highest BCUT2D eigenvalue weighted by molar-refractivity contribution is 5.71. The lowest BCUT2D eigenvalue weighted by Crippen LogP contribution is -2.41. The molecular formula is C10H9O3-. The average Bonchev–Trinajstić information content (AvgIpc) is 2.17. The monoisotopic (exact) mass is 177 g/mol. The van der Waals surface area contributed by atoms with Crippen LogP contribution in [0.3, 0.4) is 0 Å². The third-order valence-corrected chi connectivity index (χ3v) is 2.18. The normalized spacial score (nSPS) is 20.2. The molecule has 1 aromatic rings. The number of fused-ring (bicyclic) bond motifs is 1. The van der Waals surface area contributed by atoms with Gasteiger partial charge in [-0.05, 0) is 24.5 Å². The Kier molecular flexibility index (Phi) is 1.93. The molecule has 0 amide bonds. The SMILES string of the molecule is O=C([O-])C1CCc2ccccc2O1. The van der Waals surface area contributed by atoms with Crippen molar-refractivity contribution in [2.24, 2.45) is 0 Å². The van der Waals surface area contributed by atoms with Gasteiger partial charge in [0, 0.05) is 0 Å². The number of hydrogen-bond donors (Lipinski definition) is 0. The second kappa shape index (κ2) is 3.09. The van der Waals surface area contributed by atoms with E-state index in [9.17, 15) is 9.90 Å². The summed E-state index contributed by atoms with van der Waals surface area (Å²) in [5, 5.41) is 10.5. The van der Waals surface area contributed by atoms with Crippen LogP contribution in [0.1, 0.15) is 12.0 Å². The largest absolute Gasteiger partial charge is 0.546 e. The van der Waals surface area contributed by atoms with Gasteiger partial charge in [-0.3, -0.25) is 0 Å². The van der Waals surface area contributed by atoms with Gasteiger partial charge >= 0.3 is 0 Å². The highest BCUT2D eigenvalue weighted by atomic mass is 16.5. The Labute approximate surface area is 76.0 Å². The van der Waals surface area contributed by atoms with Crippen molar-refractivity contribution in [1.82, 2.24) is 0 Å². The molecule has 3 heteroatoms. The maximum atomic E-state index is 10.5. The maximum Gasteiger partial charge on any atom is 0.138 e. The number of aryl methyl sites for hydroxylation is 1. The summed E-state index contributed by atoms with van der Waals surface area (Å²) >= 11 is 0. The van der Waals surface area contributed by atoms with E-state index in [1.807, 2.05) is 18.2 Å². The van der Waals surface area contributed by atoms with E-state index in [0.717, 1.165) is 12.0 Å². The van der Waals surface area contributed by atoms with Crippen molar-refractivity contribution in [3.8, 4) is 5.75 Å². The van der Waals surface area contributed by atoms with Crippen molar-refractivity contribution in [3.63, 3.8) is 0 Å². The average molecular weight is 177 g/mol. The van der Waals surface area contributed by atoms with Crippen LogP contribution in [0, 0.1) is 0 Å². The van der Waals surface area contributed by atoms with E-state index in [4.69, 9.17) is 4.74 Å². The molecule has 1 aliphatic rings. The van der Waals surface area contributed by atoms with Gasteiger partial charge in [0.2, 0.25) is 0 Å². The Morgan fingerprint density at radius 3 is 3.00 bits per heavy atom. The van der Waals surface area contributed by atoms with Crippen molar-refractivity contribution in [2.45, 2.75) is 18.9 Å². The fourth-order valence-corrected chi connectivity index (χ4v) is 1.49. The molecule has 3 nitrogen and oxygen atoms in total. The van der Waals surface area contributed by atoms with Crippen LogP contribution in [-0.2, 0) is 11.2 Å². The van der Waals surface area contributed by atoms with Crippen molar-refractivity contribution >= 4 is 5.97 Å². The molecule has 1 unspecified atom stereocenters. The number of hydrogen-bond acceptors (Lipinski definition) is 3. The zero-order valence-corrected chi connectivity index (χ0v) is 7.03. The van der Waals surface area contributed by atoms with Crippen LogP contribution in [0.15, 0.2) is 24.3 Å². The van der Waals surface area contributed by atoms with Crippen LogP contribution >= 0.6 is 0 Å². The molecule has 1 aromatic carbocycles. The van der Waals surface area contributed by atoms with Crippen molar-refractivity contribution < 1.29 is 14.6 Å². The van der Waals surface area contributed by atoms with Gasteiger partial charge in [-0.2, -0.15) is 0 Å². The van der Waals surface area contributed by atoms with Crippen LogP contribution in [0.25, 0.3) is 0 Å². The summed E-state index contributed by atoms with van der Waals surface area (Å²) in [5.41, 5.74) is 1.07. The van der Waals surface area contributed by atoms with Crippen molar-refractivity contribution in [3.05, 3.63) is 29.8 Å². The maximum absolute atomic E-state index is 10.5. The van der Waals surface area contributed by atoms with E-state index < -0.39 is 12.1 Å². The van der Waals surface area contributed by atoms with E-state index in [2.05, 4.69) is 0 Å². The first kappa shape index (κ1) is 8.10. The predicted molar refractivity (Wildman–Crippen MR) is 44.2 cm³/mol. The van der Waals surface area contributed by atoms with E-state index >= 15 is 0 Å². The summed E-state index contributed by atoms with van der Waals surface area (Å²) in [4.78, 5) is 10.5. The smallest absolute Gasteiger partial charge is 0.138 e. The van der Waals surface area contributed by atoms with Gasteiger partial charge in [0.1, 0.15) is 11.9 Å². The van der Waals surface area contributed by atoms with E-state index in [1.54, 1.807) is 6.07 Å². The molecule has 0 fully saturated rings. The number of ether oxygens (including phenoxy) is 1. The molecule has 0 aliphatic carbocycles. The second-order valence-corrected chi connectivity index (χ2v) is 3.07. The first-order valence-corrected chi connectivity index (χ1v) is 4.23. The topological polar surface area (TPSA) is 49.4 Å². The second-order valence-electron chi connectivity index (χ2n) is 3.07. The van der Waals surface area contributed by atoms with Gasteiger partial charge in [0.05, 0.1) is 5.97 Å². The molecule has 0 spiro atoms. The van der Waals surface area contributed by atoms with Crippen molar-refractivity contribution in [1.29, 1.82) is 0 Å². The quantitative estimate of drug-likeness (QED) is 0.612. The number of carboxylic acids is 1. The summed E-state index contributed by atoms with van der Waals surface area (Å²) < 4.78 is 5.23. The zero-order valence-electron chi connectivity index (χ0n) is 7.03. The number of rotatable bonds is 1. The van der Waals surface area contributed by atoms with Crippen molar-refractivity contribution in [2.75, 3.05) is 0 Å². The molecule has 2 rings (SSSR count). The number of carboxylic acid groups (broad SMARTS) is 1. The molecule has 0 radical (unpaired) electrons. The van der Waals surface area contributed by atoms with Gasteiger partial charge in [0.15, 0.2) is 0 Å². The molecule has 68 valence electrons. The van der Waals surface area contributed by atoms with Gasteiger partial charge in [-0.25, -0.2) is 0 Å². The number of benzene rings is 1. The number of para-hydroxylation sites is 1. The Bertz CT molecular complexity index is 333. The number of aliphatic carboxylic acids is 1. The lowest BCUT2D eigenvalue weighted by atomic mass is 10.0. The summed E-state index contributed by atoms with van der Waals surface area (Å²) in [7, 11) is 0. The fourth-order valence-electron chi connectivity index (χ4n) is 1.49. The molecule has 0 aromatic heterocycles. The highest BCUT2D eigenvalue weighted by Gasteiger charge is 2.19. The Balaban J connectivity index is 2.24. The summed E-state index contributed by atoms with van der Waals surface area (Å²) in [6.07, 6.45) is 0.462. The molecule has 0 bridgehead atoms. The van der Waals surface area contributed by atoms with Gasteiger partial charge in [-0.15, -0.1) is 0 Å². The van der Waals surface area contributed by atoms with Crippen LogP contribution in [0.5, 0.6) is 5.75 Å². The van der Waals surface area contributed by atoms with Crippen LogP contribution in [0.4, 0.5) is 0 Å². The zero-order chi connectivity index (χ0) is 9.26. The van der Waals surface area contributed by atoms with Crippen LogP contribution < -0.4 is 9.84 Å². The third-order valence-electron chi connectivity index (χ3n) is 2.18. The molecule has 0 saturated heterocycles. The molecule has 13 heavy (non-hydrogen) atoms. The van der Waals surface area contributed by atoms with E-state index in [-0.39, 0.29) is 0 Å². The summed E-state index contributed by atoms with van der Waals surface area (Å²) in [5.74, 6) is -0.461. The van der Waals surface area contributed by atoms with Crippen LogP contribution in [-0.4, -0.2) is 12.1 Å². The Morgan fingerprint density at radius 2 is 2.23 bits per heavy atom. The minimum absolute atomic E-state index is 0.499. The highest BCUT2D eigenvalue weighted by Crippen LogP contribution is 2.26.